The van der Waals surface area contributed by atoms with Crippen LogP contribution in [0.5, 0.6) is 0 Å². The second kappa shape index (κ2) is 4.52. The van der Waals surface area contributed by atoms with Gasteiger partial charge >= 0.3 is 6.55 Å². The molecule has 7 heteroatoms. The van der Waals surface area contributed by atoms with Crippen molar-refractivity contribution in [3.63, 3.8) is 0 Å². The Balaban J connectivity index is 2.06. The Morgan fingerprint density at radius 2 is 1.95 bits per heavy atom. The van der Waals surface area contributed by atoms with Crippen LogP contribution in [0.3, 0.4) is 0 Å². The van der Waals surface area contributed by atoms with E-state index in [1.54, 1.807) is 22.8 Å². The summed E-state index contributed by atoms with van der Waals surface area (Å²) >= 11 is 0. The molecule has 3 aromatic rings. The Morgan fingerprint density at radius 3 is 2.60 bits per heavy atom. The molecule has 20 heavy (non-hydrogen) atoms. The highest BCUT2D eigenvalue weighted by Crippen LogP contribution is 2.22. The number of alkyl halides is 2. The van der Waals surface area contributed by atoms with Gasteiger partial charge in [-0.1, -0.05) is 6.07 Å². The van der Waals surface area contributed by atoms with Gasteiger partial charge in [-0.05, 0) is 13.0 Å². The molecule has 3 rings (SSSR count). The van der Waals surface area contributed by atoms with E-state index in [1.807, 2.05) is 0 Å². The van der Waals surface area contributed by atoms with Crippen LogP contribution >= 0.6 is 0 Å². The number of pyridine rings is 1. The smallest absolute Gasteiger partial charge is 0.294 e. The summed E-state index contributed by atoms with van der Waals surface area (Å²) in [5, 5.41) is 7.68. The third-order valence-electron chi connectivity index (χ3n) is 3.03. The quantitative estimate of drug-likeness (QED) is 0.691. The molecule has 0 spiro atoms. The Labute approximate surface area is 112 Å². The van der Waals surface area contributed by atoms with Crippen molar-refractivity contribution in [3.8, 4) is 11.1 Å². The molecule has 0 aliphatic rings. The molecular formula is C13H10F2N4O. The molecule has 0 unspecified atom stereocenters. The number of carbonyl (C=O) groups excluding carboxylic acids is 1. The predicted octanol–water partition coefficient (Wildman–Crippen LogP) is 2.80. The van der Waals surface area contributed by atoms with E-state index in [4.69, 9.17) is 0 Å². The maximum atomic E-state index is 12.5. The highest BCUT2D eigenvalue weighted by molar-refractivity contribution is 6.00. The largest absolute Gasteiger partial charge is 0.333 e. The van der Waals surface area contributed by atoms with E-state index in [0.29, 0.717) is 26.9 Å². The third-order valence-corrected chi connectivity index (χ3v) is 3.03. The molecule has 102 valence electrons. The zero-order chi connectivity index (χ0) is 14.3. The van der Waals surface area contributed by atoms with Crippen LogP contribution in [0, 0.1) is 0 Å². The van der Waals surface area contributed by atoms with Gasteiger partial charge in [0.25, 0.3) is 0 Å². The lowest BCUT2D eigenvalue weighted by Gasteiger charge is -2.00. The van der Waals surface area contributed by atoms with Crippen molar-refractivity contribution in [2.45, 2.75) is 13.5 Å². The van der Waals surface area contributed by atoms with E-state index in [9.17, 15) is 13.6 Å². The van der Waals surface area contributed by atoms with E-state index in [-0.39, 0.29) is 5.78 Å². The average molecular weight is 276 g/mol. The fraction of sp³-hybridized carbons (Fsp3) is 0.154. The molecule has 3 heterocycles. The van der Waals surface area contributed by atoms with Gasteiger partial charge in [0, 0.05) is 23.5 Å². The molecule has 0 saturated heterocycles. The summed E-state index contributed by atoms with van der Waals surface area (Å²) in [5.41, 5.74) is 2.47. The van der Waals surface area contributed by atoms with E-state index in [1.165, 1.54) is 25.5 Å². The van der Waals surface area contributed by atoms with E-state index in [2.05, 4.69) is 10.2 Å². The number of aromatic nitrogens is 4. The second-order valence-electron chi connectivity index (χ2n) is 4.35. The Bertz CT molecular complexity index is 791. The normalized spacial score (nSPS) is 11.4. The lowest BCUT2D eigenvalue weighted by atomic mass is 10.1. The first-order chi connectivity index (χ1) is 9.56. The van der Waals surface area contributed by atoms with Gasteiger partial charge in [0.1, 0.15) is 0 Å². The topological polar surface area (TPSA) is 52.2 Å². The fourth-order valence-corrected chi connectivity index (χ4v) is 2.02. The molecule has 0 aliphatic carbocycles. The van der Waals surface area contributed by atoms with Crippen LogP contribution in [0.1, 0.15) is 23.8 Å². The number of ketones is 1. The van der Waals surface area contributed by atoms with Crippen molar-refractivity contribution >= 4 is 11.3 Å². The lowest BCUT2D eigenvalue weighted by Crippen LogP contribution is -1.96. The van der Waals surface area contributed by atoms with Gasteiger partial charge in [-0.3, -0.25) is 4.79 Å². The highest BCUT2D eigenvalue weighted by atomic mass is 19.3. The summed E-state index contributed by atoms with van der Waals surface area (Å²) in [6, 6.07) is 3.48. The first-order valence-corrected chi connectivity index (χ1v) is 5.87. The Hall–Kier alpha value is -2.57. The molecular weight excluding hydrogens is 266 g/mol. The maximum Gasteiger partial charge on any atom is 0.333 e. The molecule has 0 aliphatic heterocycles. The first-order valence-electron chi connectivity index (χ1n) is 5.87. The molecule has 0 radical (unpaired) electrons. The van der Waals surface area contributed by atoms with Crippen molar-refractivity contribution in [2.75, 3.05) is 0 Å². The SMILES string of the molecule is CC(=O)c1cnn2cc(-c3cnn(C(F)F)c3)ccc12. The van der Waals surface area contributed by atoms with Crippen molar-refractivity contribution < 1.29 is 13.6 Å². The minimum atomic E-state index is -2.67. The van der Waals surface area contributed by atoms with Gasteiger partial charge in [0.05, 0.1) is 23.5 Å². The number of nitrogens with zero attached hydrogens (tertiary/aromatic N) is 4. The highest BCUT2D eigenvalue weighted by Gasteiger charge is 2.11. The molecule has 0 bridgehead atoms. The number of hydrogen-bond donors (Lipinski definition) is 0. The molecule has 0 N–H and O–H groups in total. The summed E-state index contributed by atoms with van der Waals surface area (Å²) in [6.07, 6.45) is 5.79. The molecule has 0 aromatic carbocycles. The van der Waals surface area contributed by atoms with Crippen LogP contribution in [0.25, 0.3) is 16.6 Å². The fourth-order valence-electron chi connectivity index (χ4n) is 2.02. The summed E-state index contributed by atoms with van der Waals surface area (Å²) in [6.45, 7) is -1.20. The maximum absolute atomic E-state index is 12.5. The molecule has 0 atom stereocenters. The number of hydrogen-bond acceptors (Lipinski definition) is 3. The summed E-state index contributed by atoms with van der Waals surface area (Å²) in [4.78, 5) is 11.4. The van der Waals surface area contributed by atoms with Crippen LogP contribution in [0.15, 0.2) is 36.9 Å². The summed E-state index contributed by atoms with van der Waals surface area (Å²) < 4.78 is 27.1. The Morgan fingerprint density at radius 1 is 1.15 bits per heavy atom. The summed E-state index contributed by atoms with van der Waals surface area (Å²) in [7, 11) is 0. The van der Waals surface area contributed by atoms with Crippen molar-refractivity contribution in [1.82, 2.24) is 19.4 Å². The summed E-state index contributed by atoms with van der Waals surface area (Å²) in [5.74, 6) is -0.0710. The van der Waals surface area contributed by atoms with Gasteiger partial charge in [-0.15, -0.1) is 0 Å². The van der Waals surface area contributed by atoms with Crippen LogP contribution in [-0.4, -0.2) is 25.2 Å². The molecule has 0 saturated carbocycles. The van der Waals surface area contributed by atoms with E-state index in [0.717, 1.165) is 0 Å². The standard InChI is InChI=1S/C13H10F2N4O/c1-8(20)11-5-17-18-6-9(2-3-12(11)18)10-4-16-19(7-10)13(14)15/h2-7,13H,1H3. The van der Waals surface area contributed by atoms with Crippen LogP contribution in [0.4, 0.5) is 8.78 Å². The molecule has 0 fully saturated rings. The number of rotatable bonds is 3. The number of Topliss-reactive ketones (excluding diaryl/α,β-unsaturated/α-hetero) is 1. The van der Waals surface area contributed by atoms with Gasteiger partial charge in [-0.25, -0.2) is 9.20 Å². The van der Waals surface area contributed by atoms with Crippen molar-refractivity contribution in [3.05, 3.63) is 42.5 Å². The lowest BCUT2D eigenvalue weighted by molar-refractivity contribution is 0.0566. The monoisotopic (exact) mass is 276 g/mol. The number of fused-ring (bicyclic) bond motifs is 1. The number of carbonyl (C=O) groups is 1. The Kier molecular flexibility index (Phi) is 2.81. The van der Waals surface area contributed by atoms with E-state index >= 15 is 0 Å². The second-order valence-corrected chi connectivity index (χ2v) is 4.35. The zero-order valence-electron chi connectivity index (χ0n) is 10.5. The molecule has 0 amide bonds. The van der Waals surface area contributed by atoms with Crippen molar-refractivity contribution in [2.24, 2.45) is 0 Å². The molecule has 3 aromatic heterocycles. The van der Waals surface area contributed by atoms with Crippen LogP contribution in [-0.2, 0) is 0 Å². The average Bonchev–Trinajstić information content (AvgIpc) is 3.04. The van der Waals surface area contributed by atoms with Gasteiger partial charge < -0.3 is 0 Å². The van der Waals surface area contributed by atoms with E-state index < -0.39 is 6.55 Å². The first kappa shape index (κ1) is 12.5. The van der Waals surface area contributed by atoms with Crippen LogP contribution in [0.2, 0.25) is 0 Å². The van der Waals surface area contributed by atoms with Crippen LogP contribution < -0.4 is 0 Å². The van der Waals surface area contributed by atoms with Gasteiger partial charge in [0.15, 0.2) is 5.78 Å². The minimum absolute atomic E-state index is 0.0710. The minimum Gasteiger partial charge on any atom is -0.294 e. The van der Waals surface area contributed by atoms with Gasteiger partial charge in [-0.2, -0.15) is 19.0 Å². The molecule has 5 nitrogen and oxygen atoms in total. The predicted molar refractivity (Wildman–Crippen MR) is 67.7 cm³/mol. The van der Waals surface area contributed by atoms with Crippen molar-refractivity contribution in [1.29, 1.82) is 0 Å². The zero-order valence-corrected chi connectivity index (χ0v) is 10.5. The third kappa shape index (κ3) is 1.97. The number of halogens is 2. The van der Waals surface area contributed by atoms with Gasteiger partial charge in [0.2, 0.25) is 0 Å².